The van der Waals surface area contributed by atoms with Crippen LogP contribution in [0.1, 0.15) is 39.5 Å². The molecule has 0 N–H and O–H groups in total. The second-order valence-corrected chi connectivity index (χ2v) is 4.80. The average molecular weight is 232 g/mol. The molecule has 13 heavy (non-hydrogen) atoms. The standard InChI is InChI=1S/C8H19O3P.K/c1-3-5-7-11-12(9,10)8-6-4-2;/h3-8H2,1-2H3,(H,9,10);/q;+1/p-1. The van der Waals surface area contributed by atoms with Gasteiger partial charge in [0, 0.05) is 6.16 Å². The van der Waals surface area contributed by atoms with Crippen molar-refractivity contribution in [1.82, 2.24) is 0 Å². The Morgan fingerprint density at radius 2 is 1.77 bits per heavy atom. The molecule has 3 nitrogen and oxygen atoms in total. The van der Waals surface area contributed by atoms with Crippen LogP contribution >= 0.6 is 7.60 Å². The molecule has 0 heterocycles. The van der Waals surface area contributed by atoms with Crippen LogP contribution in [0.4, 0.5) is 0 Å². The van der Waals surface area contributed by atoms with E-state index in [1.165, 1.54) is 0 Å². The molecule has 5 heteroatoms. The summed E-state index contributed by atoms with van der Waals surface area (Å²) in [6.45, 7) is 4.32. The first-order valence-electron chi connectivity index (χ1n) is 4.57. The number of rotatable bonds is 7. The second kappa shape index (κ2) is 10.3. The summed E-state index contributed by atoms with van der Waals surface area (Å²) in [5.41, 5.74) is 0. The molecule has 0 aromatic carbocycles. The molecular formula is C8H18KO3P. The Morgan fingerprint density at radius 3 is 2.23 bits per heavy atom. The summed E-state index contributed by atoms with van der Waals surface area (Å²) >= 11 is 0. The predicted molar refractivity (Wildman–Crippen MR) is 48.2 cm³/mol. The van der Waals surface area contributed by atoms with Gasteiger partial charge >= 0.3 is 51.4 Å². The summed E-state index contributed by atoms with van der Waals surface area (Å²) < 4.78 is 15.8. The van der Waals surface area contributed by atoms with Gasteiger partial charge in [0.1, 0.15) is 7.60 Å². The van der Waals surface area contributed by atoms with Gasteiger partial charge in [-0.2, -0.15) is 0 Å². The molecule has 1 unspecified atom stereocenters. The van der Waals surface area contributed by atoms with Gasteiger partial charge < -0.3 is 14.0 Å². The van der Waals surface area contributed by atoms with Crippen molar-refractivity contribution in [2.75, 3.05) is 12.8 Å². The van der Waals surface area contributed by atoms with Gasteiger partial charge in [0.25, 0.3) is 0 Å². The molecule has 0 aliphatic rings. The van der Waals surface area contributed by atoms with Crippen LogP contribution in [-0.2, 0) is 9.09 Å². The zero-order valence-corrected chi connectivity index (χ0v) is 12.9. The second-order valence-electron chi connectivity index (χ2n) is 2.87. The first-order chi connectivity index (χ1) is 5.62. The van der Waals surface area contributed by atoms with Gasteiger partial charge in [-0.15, -0.1) is 0 Å². The molecule has 74 valence electrons. The molecule has 0 amide bonds. The largest absolute Gasteiger partial charge is 1.00 e. The Labute approximate surface area is 124 Å². The fourth-order valence-electron chi connectivity index (χ4n) is 0.764. The smallest absolute Gasteiger partial charge is 0.778 e. The quantitative estimate of drug-likeness (QED) is 0.327. The zero-order valence-electron chi connectivity index (χ0n) is 8.91. The van der Waals surface area contributed by atoms with Gasteiger partial charge in [-0.25, -0.2) is 0 Å². The van der Waals surface area contributed by atoms with Crippen molar-refractivity contribution in [3.63, 3.8) is 0 Å². The van der Waals surface area contributed by atoms with E-state index in [4.69, 9.17) is 4.52 Å². The number of hydrogen-bond donors (Lipinski definition) is 0. The van der Waals surface area contributed by atoms with Crippen LogP contribution in [0, 0.1) is 0 Å². The van der Waals surface area contributed by atoms with Crippen molar-refractivity contribution in [3.05, 3.63) is 0 Å². The van der Waals surface area contributed by atoms with E-state index in [-0.39, 0.29) is 57.5 Å². The molecule has 0 saturated carbocycles. The van der Waals surface area contributed by atoms with Crippen LogP contribution in [-0.4, -0.2) is 12.8 Å². The van der Waals surface area contributed by atoms with Crippen LogP contribution in [0.2, 0.25) is 0 Å². The van der Waals surface area contributed by atoms with Crippen LogP contribution in [0.3, 0.4) is 0 Å². The molecular weight excluding hydrogens is 214 g/mol. The molecule has 0 bridgehead atoms. The minimum Gasteiger partial charge on any atom is -0.778 e. The molecule has 0 aromatic heterocycles. The zero-order chi connectivity index (χ0) is 9.45. The van der Waals surface area contributed by atoms with Gasteiger partial charge in [-0.3, -0.25) is 0 Å². The first kappa shape index (κ1) is 17.2. The molecule has 0 spiro atoms. The van der Waals surface area contributed by atoms with Crippen molar-refractivity contribution in [1.29, 1.82) is 0 Å². The Hall–Kier alpha value is 1.79. The van der Waals surface area contributed by atoms with Crippen molar-refractivity contribution in [2.45, 2.75) is 39.5 Å². The molecule has 0 radical (unpaired) electrons. The fourth-order valence-corrected chi connectivity index (χ4v) is 2.00. The normalized spacial score (nSPS) is 14.7. The Morgan fingerprint density at radius 1 is 1.23 bits per heavy atom. The van der Waals surface area contributed by atoms with E-state index < -0.39 is 7.60 Å². The Balaban J connectivity index is 0. The number of unbranched alkanes of at least 4 members (excludes halogenated alkanes) is 2. The Bertz CT molecular complexity index is 152. The maximum Gasteiger partial charge on any atom is 1.00 e. The van der Waals surface area contributed by atoms with Gasteiger partial charge in [-0.1, -0.05) is 26.7 Å². The third-order valence-electron chi connectivity index (χ3n) is 1.57. The maximum atomic E-state index is 11.1. The molecule has 1 atom stereocenters. The predicted octanol–water partition coefficient (Wildman–Crippen LogP) is -0.839. The van der Waals surface area contributed by atoms with Crippen molar-refractivity contribution >= 4 is 7.60 Å². The van der Waals surface area contributed by atoms with E-state index in [0.717, 1.165) is 19.3 Å². The summed E-state index contributed by atoms with van der Waals surface area (Å²) in [5.74, 6) is 0. The fraction of sp³-hybridized carbons (Fsp3) is 1.00. The molecule has 0 saturated heterocycles. The first-order valence-corrected chi connectivity index (χ1v) is 6.29. The SMILES string of the molecule is CCCCOP(=O)([O-])CCCC.[K+]. The minimum atomic E-state index is -3.49. The summed E-state index contributed by atoms with van der Waals surface area (Å²) in [4.78, 5) is 11.1. The van der Waals surface area contributed by atoms with E-state index in [1.807, 2.05) is 13.8 Å². The van der Waals surface area contributed by atoms with E-state index in [2.05, 4.69) is 0 Å². The minimum absolute atomic E-state index is 0. The Kier molecular flexibility index (Phi) is 13.6. The monoisotopic (exact) mass is 232 g/mol. The molecule has 0 aliphatic heterocycles. The van der Waals surface area contributed by atoms with E-state index in [1.54, 1.807) is 0 Å². The molecule has 0 fully saturated rings. The van der Waals surface area contributed by atoms with E-state index in [9.17, 15) is 9.46 Å². The van der Waals surface area contributed by atoms with Gasteiger partial charge in [0.2, 0.25) is 0 Å². The summed E-state index contributed by atoms with van der Waals surface area (Å²) in [5, 5.41) is 0. The van der Waals surface area contributed by atoms with Gasteiger partial charge in [0.15, 0.2) is 0 Å². The summed E-state index contributed by atoms with van der Waals surface area (Å²) in [6, 6.07) is 0. The van der Waals surface area contributed by atoms with Crippen LogP contribution < -0.4 is 56.3 Å². The van der Waals surface area contributed by atoms with Gasteiger partial charge in [0.05, 0.1) is 6.61 Å². The molecule has 0 aliphatic carbocycles. The third kappa shape index (κ3) is 11.7. The maximum absolute atomic E-state index is 11.1. The van der Waals surface area contributed by atoms with Crippen molar-refractivity contribution in [3.8, 4) is 0 Å². The van der Waals surface area contributed by atoms with Crippen LogP contribution in [0.15, 0.2) is 0 Å². The van der Waals surface area contributed by atoms with Crippen molar-refractivity contribution in [2.24, 2.45) is 0 Å². The van der Waals surface area contributed by atoms with Crippen LogP contribution in [0.25, 0.3) is 0 Å². The molecule has 0 aromatic rings. The summed E-state index contributed by atoms with van der Waals surface area (Å²) in [7, 11) is -3.49. The van der Waals surface area contributed by atoms with Gasteiger partial charge in [-0.05, 0) is 12.8 Å². The molecule has 0 rings (SSSR count). The average Bonchev–Trinajstić information content (AvgIpc) is 2.01. The summed E-state index contributed by atoms with van der Waals surface area (Å²) in [6.07, 6.45) is 3.57. The third-order valence-corrected chi connectivity index (χ3v) is 3.01. The van der Waals surface area contributed by atoms with Crippen molar-refractivity contribution < 1.29 is 65.4 Å². The topological polar surface area (TPSA) is 49.4 Å². The number of hydrogen-bond acceptors (Lipinski definition) is 3. The van der Waals surface area contributed by atoms with E-state index in [0.29, 0.717) is 13.0 Å². The van der Waals surface area contributed by atoms with Crippen LogP contribution in [0.5, 0.6) is 0 Å². The van der Waals surface area contributed by atoms with E-state index >= 15 is 0 Å².